The van der Waals surface area contributed by atoms with Crippen LogP contribution < -0.4 is 0 Å². The van der Waals surface area contributed by atoms with Crippen LogP contribution in [0.2, 0.25) is 25.7 Å². The van der Waals surface area contributed by atoms with E-state index in [9.17, 15) is 4.79 Å². The van der Waals surface area contributed by atoms with Gasteiger partial charge in [-0.1, -0.05) is 19.6 Å². The second-order valence-electron chi connectivity index (χ2n) is 5.52. The fraction of sp³-hybridized carbons (Fsp3) is 0.667. The van der Waals surface area contributed by atoms with E-state index in [1.165, 1.54) is 16.9 Å². The van der Waals surface area contributed by atoms with Crippen LogP contribution in [0.25, 0.3) is 0 Å². The number of aryl methyl sites for hydroxylation is 1. The molecule has 102 valence electrons. The molecule has 0 saturated carbocycles. The molecule has 1 N–H and O–H groups in total. The Labute approximate surface area is 109 Å². The molecule has 0 aliphatic rings. The van der Waals surface area contributed by atoms with Crippen molar-refractivity contribution in [2.45, 2.75) is 38.7 Å². The van der Waals surface area contributed by atoms with Crippen molar-refractivity contribution in [3.05, 3.63) is 18.0 Å². The molecular weight excluding hydrogens is 248 g/mol. The van der Waals surface area contributed by atoms with E-state index in [0.717, 1.165) is 19.1 Å². The fourth-order valence-electron chi connectivity index (χ4n) is 1.49. The molecule has 1 aromatic rings. The molecule has 0 unspecified atom stereocenters. The summed E-state index contributed by atoms with van der Waals surface area (Å²) < 4.78 is 7.06. The van der Waals surface area contributed by atoms with Crippen LogP contribution in [-0.2, 0) is 11.3 Å². The molecule has 0 saturated heterocycles. The number of aromatic carboxylic acids is 1. The Kier molecular flexibility index (Phi) is 5.55. The Bertz CT molecular complexity index is 385. The highest BCUT2D eigenvalue weighted by atomic mass is 28.3. The van der Waals surface area contributed by atoms with Gasteiger partial charge >= 0.3 is 5.97 Å². The number of hydrogen-bond acceptors (Lipinski definition) is 3. The van der Waals surface area contributed by atoms with E-state index < -0.39 is 14.0 Å². The van der Waals surface area contributed by atoms with Gasteiger partial charge in [0.05, 0.1) is 0 Å². The average Bonchev–Trinajstić information content (AvgIpc) is 2.69. The highest BCUT2D eigenvalue weighted by Crippen LogP contribution is 2.07. The molecule has 0 aromatic carbocycles. The predicted molar refractivity (Wildman–Crippen MR) is 72.8 cm³/mol. The number of carboxylic acid groups (broad SMARTS) is 1. The van der Waals surface area contributed by atoms with Gasteiger partial charge in [0.15, 0.2) is 0 Å². The molecule has 0 aliphatic carbocycles. The second kappa shape index (κ2) is 6.70. The van der Waals surface area contributed by atoms with Crippen LogP contribution in [-0.4, -0.2) is 42.1 Å². The number of carboxylic acids is 1. The van der Waals surface area contributed by atoms with Crippen LogP contribution >= 0.6 is 0 Å². The number of aromatic nitrogens is 2. The van der Waals surface area contributed by atoms with E-state index in [-0.39, 0.29) is 5.69 Å². The van der Waals surface area contributed by atoms with Gasteiger partial charge in [-0.2, -0.15) is 5.10 Å². The zero-order valence-electron chi connectivity index (χ0n) is 11.3. The SMILES string of the molecule is C[Si](C)(C)CCOCCCn1nccc1C(=O)O. The fourth-order valence-corrected chi connectivity index (χ4v) is 2.25. The van der Waals surface area contributed by atoms with Crippen molar-refractivity contribution < 1.29 is 14.6 Å². The van der Waals surface area contributed by atoms with Gasteiger partial charge in [0.2, 0.25) is 0 Å². The van der Waals surface area contributed by atoms with Gasteiger partial charge < -0.3 is 9.84 Å². The monoisotopic (exact) mass is 270 g/mol. The summed E-state index contributed by atoms with van der Waals surface area (Å²) in [6, 6.07) is 2.67. The Morgan fingerprint density at radius 1 is 1.44 bits per heavy atom. The van der Waals surface area contributed by atoms with Crippen LogP contribution in [0.5, 0.6) is 0 Å². The summed E-state index contributed by atoms with van der Waals surface area (Å²) in [5, 5.41) is 12.9. The van der Waals surface area contributed by atoms with Gasteiger partial charge in [0.1, 0.15) is 5.69 Å². The summed E-state index contributed by atoms with van der Waals surface area (Å²) in [5.41, 5.74) is 0.233. The third kappa shape index (κ3) is 5.46. The molecule has 1 rings (SSSR count). The van der Waals surface area contributed by atoms with Crippen molar-refractivity contribution in [1.29, 1.82) is 0 Å². The second-order valence-corrected chi connectivity index (χ2v) is 11.1. The molecule has 6 heteroatoms. The average molecular weight is 270 g/mol. The van der Waals surface area contributed by atoms with E-state index in [4.69, 9.17) is 9.84 Å². The lowest BCUT2D eigenvalue weighted by Crippen LogP contribution is -2.22. The number of rotatable bonds is 8. The highest BCUT2D eigenvalue weighted by molar-refractivity contribution is 6.76. The molecule has 5 nitrogen and oxygen atoms in total. The minimum Gasteiger partial charge on any atom is -0.477 e. The first kappa shape index (κ1) is 14.9. The standard InChI is InChI=1S/C12H22N2O3Si/c1-18(2,3)10-9-17-8-4-7-14-11(12(15)16)5-6-13-14/h5-6H,4,7-10H2,1-3H3,(H,15,16). The molecule has 1 aromatic heterocycles. The van der Waals surface area contributed by atoms with E-state index >= 15 is 0 Å². The molecule has 0 fully saturated rings. The summed E-state index contributed by atoms with van der Waals surface area (Å²) in [6.07, 6.45) is 2.29. The lowest BCUT2D eigenvalue weighted by Gasteiger charge is -2.15. The first-order chi connectivity index (χ1) is 8.40. The molecular formula is C12H22N2O3Si. The highest BCUT2D eigenvalue weighted by Gasteiger charge is 2.12. The van der Waals surface area contributed by atoms with Gasteiger partial charge in [-0.25, -0.2) is 4.79 Å². The van der Waals surface area contributed by atoms with E-state index in [2.05, 4.69) is 24.7 Å². The Morgan fingerprint density at radius 3 is 2.78 bits per heavy atom. The van der Waals surface area contributed by atoms with E-state index in [0.29, 0.717) is 13.2 Å². The number of nitrogens with zero attached hydrogens (tertiary/aromatic N) is 2. The zero-order valence-corrected chi connectivity index (χ0v) is 12.3. The van der Waals surface area contributed by atoms with Crippen LogP contribution in [0.3, 0.4) is 0 Å². The Hall–Kier alpha value is -1.14. The number of carbonyl (C=O) groups is 1. The van der Waals surface area contributed by atoms with Crippen molar-refractivity contribution >= 4 is 14.0 Å². The molecule has 18 heavy (non-hydrogen) atoms. The van der Waals surface area contributed by atoms with Crippen LogP contribution in [0, 0.1) is 0 Å². The molecule has 0 spiro atoms. The maximum atomic E-state index is 10.8. The summed E-state index contributed by atoms with van der Waals surface area (Å²) in [5.74, 6) is -0.938. The van der Waals surface area contributed by atoms with Gasteiger partial charge in [-0.15, -0.1) is 0 Å². The summed E-state index contributed by atoms with van der Waals surface area (Å²) in [7, 11) is -1.01. The molecule has 0 atom stereocenters. The zero-order chi connectivity index (χ0) is 13.6. The summed E-state index contributed by atoms with van der Waals surface area (Å²) in [6.45, 7) is 9.00. The molecule has 0 amide bonds. The number of hydrogen-bond donors (Lipinski definition) is 1. The van der Waals surface area contributed by atoms with Crippen LogP contribution in [0.4, 0.5) is 0 Å². The van der Waals surface area contributed by atoms with Gasteiger partial charge in [-0.3, -0.25) is 4.68 Å². The van der Waals surface area contributed by atoms with Crippen molar-refractivity contribution in [3.8, 4) is 0 Å². The van der Waals surface area contributed by atoms with E-state index in [1.54, 1.807) is 0 Å². The largest absolute Gasteiger partial charge is 0.477 e. The normalized spacial score (nSPS) is 11.7. The third-order valence-corrected chi connectivity index (χ3v) is 4.29. The predicted octanol–water partition coefficient (Wildman–Crippen LogP) is 2.33. The van der Waals surface area contributed by atoms with Crippen molar-refractivity contribution in [1.82, 2.24) is 9.78 Å². The topological polar surface area (TPSA) is 64.4 Å². The maximum absolute atomic E-state index is 10.8. The van der Waals surface area contributed by atoms with E-state index in [1.807, 2.05) is 0 Å². The Balaban J connectivity index is 2.18. The van der Waals surface area contributed by atoms with Gasteiger partial charge in [-0.05, 0) is 18.5 Å². The number of ether oxygens (including phenoxy) is 1. The van der Waals surface area contributed by atoms with Gasteiger partial charge in [0, 0.05) is 34.0 Å². The minimum absolute atomic E-state index is 0.233. The van der Waals surface area contributed by atoms with Crippen molar-refractivity contribution in [2.24, 2.45) is 0 Å². The molecule has 0 bridgehead atoms. The summed E-state index contributed by atoms with van der Waals surface area (Å²) >= 11 is 0. The lowest BCUT2D eigenvalue weighted by molar-refractivity contribution is 0.0681. The van der Waals surface area contributed by atoms with Gasteiger partial charge in [0.25, 0.3) is 0 Å². The first-order valence-electron chi connectivity index (χ1n) is 6.23. The molecule has 0 radical (unpaired) electrons. The first-order valence-corrected chi connectivity index (χ1v) is 9.94. The van der Waals surface area contributed by atoms with Crippen LogP contribution in [0.15, 0.2) is 12.3 Å². The minimum atomic E-state index is -1.01. The van der Waals surface area contributed by atoms with Crippen molar-refractivity contribution in [2.75, 3.05) is 13.2 Å². The molecule has 1 heterocycles. The maximum Gasteiger partial charge on any atom is 0.354 e. The smallest absolute Gasteiger partial charge is 0.354 e. The lowest BCUT2D eigenvalue weighted by atomic mass is 10.4. The third-order valence-electron chi connectivity index (χ3n) is 2.59. The quantitative estimate of drug-likeness (QED) is 0.581. The van der Waals surface area contributed by atoms with Crippen LogP contribution in [0.1, 0.15) is 16.9 Å². The summed E-state index contributed by atoms with van der Waals surface area (Å²) in [4.78, 5) is 10.8. The molecule has 0 aliphatic heterocycles. The van der Waals surface area contributed by atoms with Crippen molar-refractivity contribution in [3.63, 3.8) is 0 Å². The Morgan fingerprint density at radius 2 is 2.17 bits per heavy atom.